The topological polar surface area (TPSA) is 66.5 Å². The van der Waals surface area contributed by atoms with Crippen molar-refractivity contribution in [3.8, 4) is 0 Å². The average Bonchev–Trinajstić information content (AvgIpc) is 2.97. The van der Waals surface area contributed by atoms with E-state index in [1.807, 2.05) is 30.3 Å². The molecule has 1 saturated carbocycles. The van der Waals surface area contributed by atoms with E-state index in [1.54, 1.807) is 24.3 Å². The number of hydrogen-bond acceptors (Lipinski definition) is 3. The van der Waals surface area contributed by atoms with Crippen LogP contribution < -0.4 is 10.2 Å². The van der Waals surface area contributed by atoms with E-state index < -0.39 is 0 Å². The number of fused-ring (bicyclic) bond motifs is 1. The molecule has 144 valence electrons. The molecule has 2 aromatic carbocycles. The Hall–Kier alpha value is -2.95. The number of rotatable bonds is 4. The normalized spacial score (nSPS) is 24.2. The van der Waals surface area contributed by atoms with Gasteiger partial charge in [-0.25, -0.2) is 0 Å². The summed E-state index contributed by atoms with van der Waals surface area (Å²) in [4.78, 5) is 39.2. The molecule has 2 fully saturated rings. The van der Waals surface area contributed by atoms with Gasteiger partial charge in [0.1, 0.15) is 0 Å². The first-order chi connectivity index (χ1) is 13.5. The highest BCUT2D eigenvalue weighted by Gasteiger charge is 2.49. The van der Waals surface area contributed by atoms with Gasteiger partial charge in [0.15, 0.2) is 0 Å². The summed E-state index contributed by atoms with van der Waals surface area (Å²) in [6.07, 6.45) is 2.56. The molecule has 1 N–H and O–H groups in total. The molecule has 1 aliphatic heterocycles. The Balaban J connectivity index is 1.45. The van der Waals surface area contributed by atoms with Crippen LogP contribution in [0.2, 0.25) is 0 Å². The highest BCUT2D eigenvalue weighted by atomic mass is 16.2. The van der Waals surface area contributed by atoms with Crippen molar-refractivity contribution in [1.29, 1.82) is 0 Å². The summed E-state index contributed by atoms with van der Waals surface area (Å²) in [5.74, 6) is -0.265. The Labute approximate surface area is 164 Å². The minimum Gasteiger partial charge on any atom is -0.348 e. The Morgan fingerprint density at radius 3 is 2.36 bits per heavy atom. The third kappa shape index (κ3) is 3.44. The van der Waals surface area contributed by atoms with Gasteiger partial charge in [0.05, 0.1) is 17.5 Å². The minimum absolute atomic E-state index is 0.0943. The number of nitrogens with one attached hydrogen (secondary N) is 1. The highest BCUT2D eigenvalue weighted by Crippen LogP contribution is 2.42. The summed E-state index contributed by atoms with van der Waals surface area (Å²) in [5.41, 5.74) is 2.08. The van der Waals surface area contributed by atoms with Gasteiger partial charge in [0.2, 0.25) is 11.8 Å². The van der Waals surface area contributed by atoms with Crippen LogP contribution in [0, 0.1) is 17.8 Å². The molecule has 3 atom stereocenters. The zero-order valence-electron chi connectivity index (χ0n) is 15.9. The molecule has 0 bridgehead atoms. The predicted molar refractivity (Wildman–Crippen MR) is 107 cm³/mol. The molecule has 28 heavy (non-hydrogen) atoms. The maximum atomic E-state index is 12.8. The molecular weight excluding hydrogens is 352 g/mol. The van der Waals surface area contributed by atoms with Gasteiger partial charge in [-0.05, 0) is 55.0 Å². The molecule has 0 spiro atoms. The van der Waals surface area contributed by atoms with Gasteiger partial charge >= 0.3 is 0 Å². The lowest BCUT2D eigenvalue weighted by Gasteiger charge is -2.25. The molecule has 1 saturated heterocycles. The minimum atomic E-state index is -0.190. The number of carbonyl (C=O) groups excluding carboxylic acids is 3. The molecule has 1 heterocycles. The second kappa shape index (κ2) is 7.58. The van der Waals surface area contributed by atoms with Crippen molar-refractivity contribution in [3.63, 3.8) is 0 Å². The molecule has 5 nitrogen and oxygen atoms in total. The Morgan fingerprint density at radius 1 is 0.964 bits per heavy atom. The number of anilines is 1. The van der Waals surface area contributed by atoms with Gasteiger partial charge in [-0.2, -0.15) is 0 Å². The molecule has 2 aliphatic rings. The number of hydrogen-bond donors (Lipinski definition) is 1. The molecule has 0 unspecified atom stereocenters. The first-order valence-electron chi connectivity index (χ1n) is 9.84. The fourth-order valence-corrected chi connectivity index (χ4v) is 4.29. The molecule has 4 rings (SSSR count). The van der Waals surface area contributed by atoms with Crippen LogP contribution in [0.25, 0.3) is 0 Å². The van der Waals surface area contributed by atoms with E-state index in [0.717, 1.165) is 24.8 Å². The number of carbonyl (C=O) groups is 3. The average molecular weight is 376 g/mol. The largest absolute Gasteiger partial charge is 0.348 e. The number of amides is 3. The van der Waals surface area contributed by atoms with E-state index in [-0.39, 0.29) is 29.6 Å². The third-order valence-corrected chi connectivity index (χ3v) is 5.87. The van der Waals surface area contributed by atoms with Crippen LogP contribution in [0.1, 0.15) is 42.1 Å². The Morgan fingerprint density at radius 2 is 1.64 bits per heavy atom. The number of benzene rings is 2. The van der Waals surface area contributed by atoms with Gasteiger partial charge in [-0.15, -0.1) is 0 Å². The summed E-state index contributed by atoms with van der Waals surface area (Å²) < 4.78 is 0. The molecule has 1 aliphatic carbocycles. The van der Waals surface area contributed by atoms with E-state index >= 15 is 0 Å². The summed E-state index contributed by atoms with van der Waals surface area (Å²) in [7, 11) is 0. The molecule has 0 radical (unpaired) electrons. The Kier molecular flexibility index (Phi) is 4.99. The van der Waals surface area contributed by atoms with Crippen LogP contribution in [0.5, 0.6) is 0 Å². The second-order valence-electron chi connectivity index (χ2n) is 7.86. The number of imide groups is 1. The quantitative estimate of drug-likeness (QED) is 0.830. The molecule has 3 amide bonds. The standard InChI is InChI=1S/C23H24N2O3/c1-15-7-12-19-20(13-15)23(28)25(22(19)27)18-10-8-17(9-11-18)21(26)24-14-16-5-3-2-4-6-16/h2-6,8-11,15,19-20H,7,12-14H2,1H3,(H,24,26)/t15-,19+,20+/m0/s1. The van der Waals surface area contributed by atoms with Crippen LogP contribution in [-0.2, 0) is 16.1 Å². The van der Waals surface area contributed by atoms with Gasteiger partial charge in [-0.3, -0.25) is 19.3 Å². The second-order valence-corrected chi connectivity index (χ2v) is 7.86. The zero-order valence-corrected chi connectivity index (χ0v) is 15.9. The first kappa shape index (κ1) is 18.4. The van der Waals surface area contributed by atoms with Crippen molar-refractivity contribution in [1.82, 2.24) is 5.32 Å². The molecule has 2 aromatic rings. The van der Waals surface area contributed by atoms with Crippen molar-refractivity contribution in [2.75, 3.05) is 4.90 Å². The van der Waals surface area contributed by atoms with E-state index in [2.05, 4.69) is 12.2 Å². The summed E-state index contributed by atoms with van der Waals surface area (Å²) >= 11 is 0. The summed E-state index contributed by atoms with van der Waals surface area (Å²) in [6, 6.07) is 16.4. The monoisotopic (exact) mass is 376 g/mol. The third-order valence-electron chi connectivity index (χ3n) is 5.87. The van der Waals surface area contributed by atoms with Crippen LogP contribution in [0.3, 0.4) is 0 Å². The van der Waals surface area contributed by atoms with Crippen molar-refractivity contribution < 1.29 is 14.4 Å². The fourth-order valence-electron chi connectivity index (χ4n) is 4.29. The Bertz CT molecular complexity index is 892. The van der Waals surface area contributed by atoms with Gasteiger partial charge in [0, 0.05) is 12.1 Å². The van der Waals surface area contributed by atoms with E-state index in [9.17, 15) is 14.4 Å². The van der Waals surface area contributed by atoms with Crippen molar-refractivity contribution in [2.45, 2.75) is 32.7 Å². The maximum absolute atomic E-state index is 12.8. The van der Waals surface area contributed by atoms with Crippen molar-refractivity contribution in [3.05, 3.63) is 65.7 Å². The lowest BCUT2D eigenvalue weighted by Crippen LogP contribution is -2.31. The van der Waals surface area contributed by atoms with E-state index in [1.165, 1.54) is 4.90 Å². The van der Waals surface area contributed by atoms with Crippen LogP contribution in [0.15, 0.2) is 54.6 Å². The molecule has 0 aromatic heterocycles. The van der Waals surface area contributed by atoms with Crippen LogP contribution >= 0.6 is 0 Å². The molecular formula is C23H24N2O3. The zero-order chi connectivity index (χ0) is 19.7. The van der Waals surface area contributed by atoms with Crippen LogP contribution in [-0.4, -0.2) is 17.7 Å². The van der Waals surface area contributed by atoms with Gasteiger partial charge in [-0.1, -0.05) is 37.3 Å². The first-order valence-corrected chi connectivity index (χ1v) is 9.84. The fraction of sp³-hybridized carbons (Fsp3) is 0.348. The smallest absolute Gasteiger partial charge is 0.251 e. The van der Waals surface area contributed by atoms with Crippen LogP contribution in [0.4, 0.5) is 5.69 Å². The van der Waals surface area contributed by atoms with Gasteiger partial charge in [0.25, 0.3) is 5.91 Å². The molecule has 5 heteroatoms. The summed E-state index contributed by atoms with van der Waals surface area (Å²) in [6.45, 7) is 2.59. The van der Waals surface area contributed by atoms with E-state index in [0.29, 0.717) is 23.7 Å². The van der Waals surface area contributed by atoms with Gasteiger partial charge < -0.3 is 5.32 Å². The summed E-state index contributed by atoms with van der Waals surface area (Å²) in [5, 5.41) is 2.88. The lowest BCUT2D eigenvalue weighted by molar-refractivity contribution is -0.122. The van der Waals surface area contributed by atoms with Crippen molar-refractivity contribution >= 4 is 23.4 Å². The van der Waals surface area contributed by atoms with Crippen molar-refractivity contribution in [2.24, 2.45) is 17.8 Å². The highest BCUT2D eigenvalue weighted by molar-refractivity contribution is 6.22. The SMILES string of the molecule is C[C@H]1CC[C@H]2C(=O)N(c3ccc(C(=O)NCc4ccccc4)cc3)C(=O)[C@@H]2C1. The lowest BCUT2D eigenvalue weighted by atomic mass is 9.76. The maximum Gasteiger partial charge on any atom is 0.251 e. The number of nitrogens with zero attached hydrogens (tertiary/aromatic N) is 1. The van der Waals surface area contributed by atoms with E-state index in [4.69, 9.17) is 0 Å². The predicted octanol–water partition coefficient (Wildman–Crippen LogP) is 3.54.